The Morgan fingerprint density at radius 3 is 2.55 bits per heavy atom. The minimum Gasteiger partial charge on any atom is -0.497 e. The van der Waals surface area contributed by atoms with Crippen LogP contribution in [0.5, 0.6) is 5.75 Å². The number of hydrogen-bond acceptors (Lipinski definition) is 6. The number of carbonyl (C=O) groups excluding carboxylic acids is 1. The highest BCUT2D eigenvalue weighted by molar-refractivity contribution is 6.33. The average molecular weight is 461 g/mol. The summed E-state index contributed by atoms with van der Waals surface area (Å²) in [6.45, 7) is 4.83. The molecule has 1 amide bonds. The molecule has 0 unspecified atom stereocenters. The first kappa shape index (κ1) is 24.1. The molecule has 0 spiro atoms. The Morgan fingerprint density at radius 1 is 1.39 bits per heavy atom. The lowest BCUT2D eigenvalue weighted by Gasteiger charge is -2.32. The Balaban J connectivity index is 0.000000423. The van der Waals surface area contributed by atoms with Gasteiger partial charge >= 0.3 is 12.1 Å². The van der Waals surface area contributed by atoms with Crippen molar-refractivity contribution in [1.82, 2.24) is 4.98 Å². The van der Waals surface area contributed by atoms with E-state index in [1.807, 2.05) is 36.9 Å². The number of aromatic nitrogens is 1. The van der Waals surface area contributed by atoms with Gasteiger partial charge in [0.2, 0.25) is 5.91 Å². The van der Waals surface area contributed by atoms with E-state index in [0.717, 1.165) is 17.9 Å². The number of rotatable bonds is 4. The van der Waals surface area contributed by atoms with Crippen LogP contribution in [0.25, 0.3) is 0 Å². The molecule has 1 aromatic heterocycles. The average Bonchev–Trinajstić information content (AvgIpc) is 2.68. The van der Waals surface area contributed by atoms with Gasteiger partial charge in [0.05, 0.1) is 23.5 Å². The van der Waals surface area contributed by atoms with Crippen molar-refractivity contribution in [2.24, 2.45) is 0 Å². The highest BCUT2D eigenvalue weighted by atomic mass is 35.5. The molecular weight excluding hydrogens is 441 g/mol. The van der Waals surface area contributed by atoms with Crippen molar-refractivity contribution in [3.8, 4) is 5.75 Å². The molecule has 3 N–H and O–H groups in total. The maximum absolute atomic E-state index is 12.2. The molecule has 0 atom stereocenters. The van der Waals surface area contributed by atoms with Crippen LogP contribution in [0.1, 0.15) is 12.6 Å². The number of hydrogen-bond donors (Lipinski definition) is 3. The predicted molar refractivity (Wildman–Crippen MR) is 110 cm³/mol. The fourth-order valence-corrected chi connectivity index (χ4v) is 3.01. The highest BCUT2D eigenvalue weighted by Crippen LogP contribution is 2.41. The van der Waals surface area contributed by atoms with Crippen molar-refractivity contribution in [3.63, 3.8) is 0 Å². The Labute approximate surface area is 181 Å². The summed E-state index contributed by atoms with van der Waals surface area (Å²) in [5.41, 5.74) is 3.10. The van der Waals surface area contributed by atoms with Crippen LogP contribution in [0, 0.1) is 6.92 Å². The van der Waals surface area contributed by atoms with Crippen LogP contribution < -0.4 is 20.3 Å². The molecule has 0 aliphatic carbocycles. The summed E-state index contributed by atoms with van der Waals surface area (Å²) in [5, 5.41) is 13.8. The van der Waals surface area contributed by atoms with Crippen LogP contribution in [0.2, 0.25) is 5.02 Å². The minimum absolute atomic E-state index is 0.112. The number of methoxy groups -OCH3 is 1. The molecule has 8 nitrogen and oxygen atoms in total. The summed E-state index contributed by atoms with van der Waals surface area (Å²) in [4.78, 5) is 27.5. The van der Waals surface area contributed by atoms with Gasteiger partial charge in [-0.05, 0) is 32.0 Å². The quantitative estimate of drug-likeness (QED) is 0.628. The van der Waals surface area contributed by atoms with E-state index in [9.17, 15) is 18.0 Å². The Morgan fingerprint density at radius 2 is 2.03 bits per heavy atom. The number of fused-ring (bicyclic) bond motifs is 1. The molecule has 2 aromatic rings. The van der Waals surface area contributed by atoms with E-state index in [-0.39, 0.29) is 12.5 Å². The van der Waals surface area contributed by atoms with Crippen LogP contribution in [0.4, 0.5) is 36.1 Å². The maximum atomic E-state index is 12.2. The molecule has 3 rings (SSSR count). The zero-order chi connectivity index (χ0) is 23.3. The molecule has 0 fully saturated rings. The second-order valence-corrected chi connectivity index (χ2v) is 6.70. The third-order valence-corrected chi connectivity index (χ3v) is 4.31. The molecule has 1 aromatic carbocycles. The summed E-state index contributed by atoms with van der Waals surface area (Å²) < 4.78 is 36.9. The Hall–Kier alpha value is -3.21. The normalized spacial score (nSPS) is 12.9. The van der Waals surface area contributed by atoms with Crippen molar-refractivity contribution in [1.29, 1.82) is 0 Å². The van der Waals surface area contributed by atoms with Crippen molar-refractivity contribution in [3.05, 3.63) is 35.0 Å². The smallest absolute Gasteiger partial charge is 0.490 e. The van der Waals surface area contributed by atoms with Crippen LogP contribution in [0.15, 0.2) is 24.3 Å². The van der Waals surface area contributed by atoms with Gasteiger partial charge in [0, 0.05) is 18.3 Å². The SMILES string of the molecule is CCNc1cc(C)nc2c1NC(=O)CN2c1ccc(OC)cc1Cl.O=C(O)C(F)(F)F. The zero-order valence-electron chi connectivity index (χ0n) is 16.8. The minimum atomic E-state index is -5.08. The second-order valence-electron chi connectivity index (χ2n) is 6.29. The third-order valence-electron chi connectivity index (χ3n) is 4.01. The molecule has 0 saturated heterocycles. The van der Waals surface area contributed by atoms with E-state index in [1.54, 1.807) is 13.2 Å². The van der Waals surface area contributed by atoms with Gasteiger partial charge in [0.1, 0.15) is 18.0 Å². The van der Waals surface area contributed by atoms with Gasteiger partial charge in [-0.2, -0.15) is 13.2 Å². The predicted octanol–water partition coefficient (Wildman–Crippen LogP) is 4.21. The third kappa shape index (κ3) is 5.91. The number of nitrogens with zero attached hydrogens (tertiary/aromatic N) is 2. The summed E-state index contributed by atoms with van der Waals surface area (Å²) in [6.07, 6.45) is -5.08. The van der Waals surface area contributed by atoms with Crippen LogP contribution in [-0.2, 0) is 9.59 Å². The van der Waals surface area contributed by atoms with Crippen LogP contribution in [0.3, 0.4) is 0 Å². The van der Waals surface area contributed by atoms with Gasteiger partial charge in [0.15, 0.2) is 5.82 Å². The number of pyridine rings is 1. The lowest BCUT2D eigenvalue weighted by Crippen LogP contribution is -2.36. The zero-order valence-corrected chi connectivity index (χ0v) is 17.6. The van der Waals surface area contributed by atoms with Crippen LogP contribution >= 0.6 is 11.6 Å². The number of carboxylic acids is 1. The van der Waals surface area contributed by atoms with Gasteiger partial charge in [-0.15, -0.1) is 0 Å². The van der Waals surface area contributed by atoms with E-state index in [0.29, 0.717) is 28.0 Å². The molecular formula is C19H20ClF3N4O4. The van der Waals surface area contributed by atoms with Crippen molar-refractivity contribution >= 4 is 46.4 Å². The standard InChI is InChI=1S/C17H19ClN4O2.C2HF3O2/c1-4-19-13-7-10(2)20-17-16(13)21-15(23)9-22(17)14-6-5-11(24-3)8-12(14)18;3-2(4,5)1(6)7/h5-8H,4,9H2,1-3H3,(H,19,20)(H,21,23);(H,6,7). The number of amides is 1. The number of halogens is 4. The largest absolute Gasteiger partial charge is 0.497 e. The van der Waals surface area contributed by atoms with Gasteiger partial charge in [-0.3, -0.25) is 4.79 Å². The topological polar surface area (TPSA) is 104 Å². The number of benzene rings is 1. The summed E-state index contributed by atoms with van der Waals surface area (Å²) in [6, 6.07) is 7.29. The second kappa shape index (κ2) is 9.73. The number of anilines is 4. The van der Waals surface area contributed by atoms with Crippen molar-refractivity contribution < 1.29 is 32.6 Å². The monoisotopic (exact) mass is 460 g/mol. The molecule has 12 heteroatoms. The van der Waals surface area contributed by atoms with E-state index in [1.165, 1.54) is 0 Å². The fraction of sp³-hybridized carbons (Fsp3) is 0.316. The van der Waals surface area contributed by atoms with Crippen LogP contribution in [-0.4, -0.2) is 48.3 Å². The summed E-state index contributed by atoms with van der Waals surface area (Å²) in [7, 11) is 1.59. The van der Waals surface area contributed by atoms with Crippen molar-refractivity contribution in [2.45, 2.75) is 20.0 Å². The number of carboxylic acid groups (broad SMARTS) is 1. The number of carbonyl (C=O) groups is 2. The molecule has 0 saturated carbocycles. The number of aryl methyl sites for hydroxylation is 1. The highest BCUT2D eigenvalue weighted by Gasteiger charge is 2.38. The molecule has 2 heterocycles. The number of ether oxygens (including phenoxy) is 1. The first-order chi connectivity index (χ1) is 14.5. The van der Waals surface area contributed by atoms with Gasteiger partial charge in [0.25, 0.3) is 0 Å². The molecule has 1 aliphatic rings. The Bertz CT molecular complexity index is 985. The first-order valence-electron chi connectivity index (χ1n) is 8.94. The Kier molecular flexibility index (Phi) is 7.55. The van der Waals surface area contributed by atoms with Gasteiger partial charge in [-0.1, -0.05) is 11.6 Å². The number of aliphatic carboxylic acids is 1. The molecule has 1 aliphatic heterocycles. The maximum Gasteiger partial charge on any atom is 0.490 e. The van der Waals surface area contributed by atoms with E-state index in [2.05, 4.69) is 15.6 Å². The molecule has 0 radical (unpaired) electrons. The van der Waals surface area contributed by atoms with Crippen molar-refractivity contribution in [2.75, 3.05) is 35.7 Å². The fourth-order valence-electron chi connectivity index (χ4n) is 2.74. The van der Waals surface area contributed by atoms with E-state index < -0.39 is 12.1 Å². The van der Waals surface area contributed by atoms with E-state index >= 15 is 0 Å². The molecule has 168 valence electrons. The summed E-state index contributed by atoms with van der Waals surface area (Å²) in [5.74, 6) is -1.53. The van der Waals surface area contributed by atoms with Gasteiger partial charge in [-0.25, -0.2) is 9.78 Å². The lowest BCUT2D eigenvalue weighted by molar-refractivity contribution is -0.192. The summed E-state index contributed by atoms with van der Waals surface area (Å²) >= 11 is 6.40. The first-order valence-corrected chi connectivity index (χ1v) is 9.32. The molecule has 31 heavy (non-hydrogen) atoms. The number of nitrogens with one attached hydrogen (secondary N) is 2. The molecule has 0 bridgehead atoms. The lowest BCUT2D eigenvalue weighted by atomic mass is 10.2. The number of alkyl halides is 3. The van der Waals surface area contributed by atoms with E-state index in [4.69, 9.17) is 26.2 Å². The van der Waals surface area contributed by atoms with Gasteiger partial charge < -0.3 is 25.4 Å².